The van der Waals surface area contributed by atoms with Crippen LogP contribution >= 0.6 is 11.6 Å². The zero-order valence-electron chi connectivity index (χ0n) is 12.0. The van der Waals surface area contributed by atoms with Gasteiger partial charge in [0, 0.05) is 0 Å². The Balaban J connectivity index is 0. The zero-order valence-corrected chi connectivity index (χ0v) is 13.7. The Morgan fingerprint density at radius 1 is 0.917 bits per heavy atom. The van der Waals surface area contributed by atoms with Crippen LogP contribution in [0.5, 0.6) is 0 Å². The van der Waals surface area contributed by atoms with E-state index in [0.717, 1.165) is 0 Å². The fourth-order valence-electron chi connectivity index (χ4n) is 1.09. The predicted octanol–water partition coefficient (Wildman–Crippen LogP) is 2.38. The predicted molar refractivity (Wildman–Crippen MR) is 78.9 cm³/mol. The monoisotopic (exact) mass is 386 g/mol. The summed E-state index contributed by atoms with van der Waals surface area (Å²) in [7, 11) is 0. The molecule has 2 aromatic heterocycles. The summed E-state index contributed by atoms with van der Waals surface area (Å²) >= 11 is 5.46. The van der Waals surface area contributed by atoms with E-state index in [4.69, 9.17) is 40.5 Å². The van der Waals surface area contributed by atoms with E-state index in [1.807, 2.05) is 12.1 Å². The van der Waals surface area contributed by atoms with Crippen molar-refractivity contribution in [2.45, 2.75) is 12.8 Å². The van der Waals surface area contributed by atoms with Gasteiger partial charge in [0.05, 0.1) is 55.0 Å². The van der Waals surface area contributed by atoms with E-state index in [-0.39, 0.29) is 35.7 Å². The van der Waals surface area contributed by atoms with Gasteiger partial charge in [0.25, 0.3) is 5.82 Å². The number of rotatable bonds is 2. The first kappa shape index (κ1) is 23.2. The Bertz CT molecular complexity index is 738. The van der Waals surface area contributed by atoms with Gasteiger partial charge in [-0.2, -0.15) is 10.5 Å². The summed E-state index contributed by atoms with van der Waals surface area (Å²) in [5.74, 6) is 0.256. The average molecular weight is 387 g/mol. The van der Waals surface area contributed by atoms with Crippen LogP contribution in [0.3, 0.4) is 0 Å². The van der Waals surface area contributed by atoms with Crippen molar-refractivity contribution in [1.82, 2.24) is 19.9 Å². The Kier molecular flexibility index (Phi) is 14.4. The van der Waals surface area contributed by atoms with Crippen LogP contribution in [0.2, 0.25) is 5.15 Å². The molecule has 0 radical (unpaired) electrons. The first-order valence-corrected chi connectivity index (χ1v) is 6.18. The summed E-state index contributed by atoms with van der Waals surface area (Å²) in [5.41, 5.74) is 1.24. The fourth-order valence-corrected chi connectivity index (χ4v) is 1.19. The second-order valence-electron chi connectivity index (χ2n) is 3.48. The number of hydrogen-bond donors (Lipinski definition) is 0. The fraction of sp³-hybridized carbons (Fsp3) is 0.143. The summed E-state index contributed by atoms with van der Waals surface area (Å²) in [5, 5.41) is 23.1. The summed E-state index contributed by atoms with van der Waals surface area (Å²) in [6, 6.07) is 3.90. The molecule has 0 bridgehead atoms. The first-order chi connectivity index (χ1) is 11.2. The largest absolute Gasteiger partial charge is 1.00 e. The minimum Gasteiger partial charge on any atom is -0.512 e. The Morgan fingerprint density at radius 3 is 1.75 bits per heavy atom. The Morgan fingerprint density at radius 2 is 1.42 bits per heavy atom. The maximum Gasteiger partial charge on any atom is 1.00 e. The molecule has 0 saturated carbocycles. The van der Waals surface area contributed by atoms with Gasteiger partial charge in [0.1, 0.15) is 11.3 Å². The van der Waals surface area contributed by atoms with Gasteiger partial charge in [-0.15, -0.1) is 4.98 Å². The molecule has 0 spiro atoms. The third-order valence-corrected chi connectivity index (χ3v) is 2.20. The van der Waals surface area contributed by atoms with Crippen molar-refractivity contribution in [3.8, 4) is 12.1 Å². The van der Waals surface area contributed by atoms with Crippen LogP contribution in [0.1, 0.15) is 11.4 Å². The van der Waals surface area contributed by atoms with Gasteiger partial charge < -0.3 is 16.7 Å². The number of aromatic nitrogens is 4. The minimum atomic E-state index is 0. The second kappa shape index (κ2) is 14.8. The summed E-state index contributed by atoms with van der Waals surface area (Å²) < 4.78 is 0. The van der Waals surface area contributed by atoms with Gasteiger partial charge in [0.15, 0.2) is 0 Å². The van der Waals surface area contributed by atoms with Gasteiger partial charge in [0.2, 0.25) is 0 Å². The van der Waals surface area contributed by atoms with Crippen LogP contribution in [0.15, 0.2) is 24.8 Å². The summed E-state index contributed by atoms with van der Waals surface area (Å²) in [6.07, 6.45) is 6.24. The maximum absolute atomic E-state index is 8.27. The molecule has 8 nitrogen and oxygen atoms in total. The number of nitriles is 2. The molecule has 0 amide bonds. The summed E-state index contributed by atoms with van der Waals surface area (Å²) in [4.78, 5) is 18.3. The minimum absolute atomic E-state index is 0. The van der Waals surface area contributed by atoms with Gasteiger partial charge in [-0.25, -0.2) is 4.98 Å². The number of nitrogens with zero attached hydrogens (tertiary/aromatic N) is 8. The molecule has 0 N–H and O–H groups in total. The maximum atomic E-state index is 8.27. The van der Waals surface area contributed by atoms with E-state index >= 15 is 0 Å². The van der Waals surface area contributed by atoms with Crippen molar-refractivity contribution in [1.29, 1.82) is 15.8 Å². The van der Waals surface area contributed by atoms with Crippen LogP contribution in [-0.2, 0) is 29.9 Å². The number of halogens is 1. The molecule has 0 aliphatic heterocycles. The molecule has 122 valence electrons. The Hall–Kier alpha value is -3.07. The van der Waals surface area contributed by atoms with Gasteiger partial charge in [-0.05, 0) is 0 Å². The third-order valence-electron chi connectivity index (χ3n) is 2.00. The SMILES string of the molecule is N#CCc1cnc(Cl)cn1.[C-]#N.[C-]#[N+]c1cnc(CC#N)cn1.[Cu+]. The van der Waals surface area contributed by atoms with Crippen molar-refractivity contribution in [2.24, 2.45) is 0 Å². The summed E-state index contributed by atoms with van der Waals surface area (Å²) in [6.45, 7) is 11.3. The molecule has 0 unspecified atom stereocenters. The average Bonchev–Trinajstić information content (AvgIpc) is 2.61. The zero-order chi connectivity index (χ0) is 17.5. The molecular formula is C14H8ClCuN8. The molecule has 24 heavy (non-hydrogen) atoms. The van der Waals surface area contributed by atoms with E-state index in [9.17, 15) is 0 Å². The molecule has 0 saturated heterocycles. The van der Waals surface area contributed by atoms with Crippen LogP contribution in [-0.4, -0.2) is 19.9 Å². The van der Waals surface area contributed by atoms with Crippen molar-refractivity contribution >= 4 is 17.4 Å². The van der Waals surface area contributed by atoms with Crippen molar-refractivity contribution in [3.63, 3.8) is 0 Å². The molecule has 2 heterocycles. The van der Waals surface area contributed by atoms with E-state index in [2.05, 4.69) is 24.8 Å². The molecule has 0 fully saturated rings. The normalized spacial score (nSPS) is 7.50. The van der Waals surface area contributed by atoms with Crippen molar-refractivity contribution in [2.75, 3.05) is 0 Å². The standard InChI is InChI=1S/C7H4N4.C6H4ClN3.CN.Cu/c1-9-7-5-10-6(2-3-8)4-11-7;7-6-4-9-5(1-2-8)3-10-6;1-2;/h4-5H,2H2;3-4H,1H2;;/q;;-1;+1. The third kappa shape index (κ3) is 9.79. The molecule has 2 aromatic rings. The van der Waals surface area contributed by atoms with Crippen molar-refractivity contribution in [3.05, 3.63) is 59.3 Å². The van der Waals surface area contributed by atoms with Crippen LogP contribution < -0.4 is 0 Å². The molecule has 0 aliphatic carbocycles. The van der Waals surface area contributed by atoms with Gasteiger partial charge >= 0.3 is 17.1 Å². The van der Waals surface area contributed by atoms with E-state index < -0.39 is 0 Å². The van der Waals surface area contributed by atoms with Crippen molar-refractivity contribution < 1.29 is 17.1 Å². The molecule has 0 atom stereocenters. The Labute approximate surface area is 154 Å². The van der Waals surface area contributed by atoms with Crippen LogP contribution in [0, 0.1) is 41.1 Å². The number of hydrogen-bond acceptors (Lipinski definition) is 7. The second-order valence-corrected chi connectivity index (χ2v) is 3.87. The molecule has 0 aromatic carbocycles. The van der Waals surface area contributed by atoms with Gasteiger partial charge in [-0.3, -0.25) is 9.97 Å². The molecule has 2 rings (SSSR count). The topological polar surface area (TPSA) is 127 Å². The van der Waals surface area contributed by atoms with E-state index in [1.54, 1.807) is 0 Å². The quantitative estimate of drug-likeness (QED) is 0.572. The van der Waals surface area contributed by atoms with Gasteiger partial charge in [-0.1, -0.05) is 18.2 Å². The molecular weight excluding hydrogens is 379 g/mol. The smallest absolute Gasteiger partial charge is 0.512 e. The van der Waals surface area contributed by atoms with E-state index in [0.29, 0.717) is 16.5 Å². The molecule has 10 heteroatoms. The van der Waals surface area contributed by atoms with E-state index in [1.165, 1.54) is 24.8 Å². The first-order valence-electron chi connectivity index (χ1n) is 5.80. The van der Waals surface area contributed by atoms with Crippen LogP contribution in [0.25, 0.3) is 4.85 Å². The molecule has 0 aliphatic rings. The van der Waals surface area contributed by atoms with Crippen LogP contribution in [0.4, 0.5) is 5.82 Å².